The minimum atomic E-state index is -1.58. The molecule has 1 aliphatic rings. The van der Waals surface area contributed by atoms with Crippen molar-refractivity contribution in [3.05, 3.63) is 28.6 Å². The normalized spacial score (nSPS) is 17.4. The zero-order valence-corrected chi connectivity index (χ0v) is 17.0. The molecular weight excluding hydrogens is 405 g/mol. The number of ether oxygens (including phenoxy) is 2. The van der Waals surface area contributed by atoms with Crippen LogP contribution in [0.4, 0.5) is 9.18 Å². The van der Waals surface area contributed by atoms with Gasteiger partial charge in [-0.05, 0) is 36.7 Å². The second-order valence-electron chi connectivity index (χ2n) is 7.50. The van der Waals surface area contributed by atoms with Crippen LogP contribution in [0.25, 0.3) is 5.65 Å². The van der Waals surface area contributed by atoms with Crippen LogP contribution in [-0.2, 0) is 10.4 Å². The van der Waals surface area contributed by atoms with E-state index in [2.05, 4.69) is 20.9 Å². The fourth-order valence-electron chi connectivity index (χ4n) is 3.12. The number of likely N-dealkylation sites (tertiary alicyclic amines) is 1. The quantitative estimate of drug-likeness (QED) is 0.716. The standard InChI is InChI=1S/C18H23BrFN3O3/c1-17(2,3)26-16(24)22-7-5-18(20,6-8-22)12-11-23-14(19)10-21-15(23)9-13(12)25-4/h9-11H,5-8H2,1-4H3. The molecule has 2 aromatic heterocycles. The number of pyridine rings is 1. The van der Waals surface area contributed by atoms with Gasteiger partial charge in [0.15, 0.2) is 0 Å². The Morgan fingerprint density at radius 3 is 2.58 bits per heavy atom. The lowest BCUT2D eigenvalue weighted by molar-refractivity contribution is 0.00170. The molecular formula is C18H23BrFN3O3. The third-order valence-corrected chi connectivity index (χ3v) is 5.06. The number of fused-ring (bicyclic) bond motifs is 1. The fraction of sp³-hybridized carbons (Fsp3) is 0.556. The van der Waals surface area contributed by atoms with E-state index in [-0.39, 0.29) is 25.9 Å². The molecule has 3 rings (SSSR count). The first-order valence-electron chi connectivity index (χ1n) is 8.51. The first kappa shape index (κ1) is 18.9. The van der Waals surface area contributed by atoms with E-state index >= 15 is 4.39 Å². The summed E-state index contributed by atoms with van der Waals surface area (Å²) in [6.07, 6.45) is 3.34. The molecule has 2 aromatic rings. The van der Waals surface area contributed by atoms with Crippen molar-refractivity contribution in [2.24, 2.45) is 0 Å². The van der Waals surface area contributed by atoms with E-state index < -0.39 is 17.4 Å². The van der Waals surface area contributed by atoms with Gasteiger partial charge in [-0.25, -0.2) is 14.2 Å². The first-order valence-corrected chi connectivity index (χ1v) is 9.30. The number of amides is 1. The summed E-state index contributed by atoms with van der Waals surface area (Å²) in [5.41, 5.74) is -1.01. The predicted octanol–water partition coefficient (Wildman–Crippen LogP) is 4.30. The maximum absolute atomic E-state index is 15.8. The molecule has 0 bridgehead atoms. The maximum atomic E-state index is 15.8. The van der Waals surface area contributed by atoms with Gasteiger partial charge in [0.05, 0.1) is 13.3 Å². The van der Waals surface area contributed by atoms with Crippen LogP contribution in [0, 0.1) is 0 Å². The molecule has 0 N–H and O–H groups in total. The molecule has 1 aliphatic heterocycles. The number of hydrogen-bond acceptors (Lipinski definition) is 4. The third-order valence-electron chi connectivity index (χ3n) is 4.47. The van der Waals surface area contributed by atoms with E-state index in [1.807, 2.05) is 20.8 Å². The monoisotopic (exact) mass is 427 g/mol. The van der Waals surface area contributed by atoms with Crippen molar-refractivity contribution in [3.8, 4) is 5.75 Å². The van der Waals surface area contributed by atoms with Crippen LogP contribution in [0.15, 0.2) is 23.1 Å². The zero-order valence-electron chi connectivity index (χ0n) is 15.4. The van der Waals surface area contributed by atoms with Gasteiger partial charge in [0.2, 0.25) is 0 Å². The lowest BCUT2D eigenvalue weighted by Gasteiger charge is -2.37. The largest absolute Gasteiger partial charge is 0.496 e. The molecule has 8 heteroatoms. The highest BCUT2D eigenvalue weighted by atomic mass is 79.9. The molecule has 142 valence electrons. The third kappa shape index (κ3) is 3.65. The van der Waals surface area contributed by atoms with E-state index in [4.69, 9.17) is 9.47 Å². The molecule has 3 heterocycles. The van der Waals surface area contributed by atoms with Crippen molar-refractivity contribution in [3.63, 3.8) is 0 Å². The summed E-state index contributed by atoms with van der Waals surface area (Å²) in [5.74, 6) is 0.462. The number of nitrogens with zero attached hydrogens (tertiary/aromatic N) is 3. The van der Waals surface area contributed by atoms with Crippen LogP contribution in [0.5, 0.6) is 5.75 Å². The zero-order chi connectivity index (χ0) is 19.1. The van der Waals surface area contributed by atoms with Gasteiger partial charge in [0, 0.05) is 43.8 Å². The molecule has 1 fully saturated rings. The van der Waals surface area contributed by atoms with Gasteiger partial charge >= 0.3 is 6.09 Å². The second-order valence-corrected chi connectivity index (χ2v) is 8.31. The van der Waals surface area contributed by atoms with Crippen LogP contribution in [-0.4, -0.2) is 46.2 Å². The Hall–Kier alpha value is -1.83. The summed E-state index contributed by atoms with van der Waals surface area (Å²) >= 11 is 3.41. The van der Waals surface area contributed by atoms with Crippen molar-refractivity contribution in [1.82, 2.24) is 14.3 Å². The Kier molecular flexibility index (Phi) is 4.90. The summed E-state index contributed by atoms with van der Waals surface area (Å²) in [5, 5.41) is 0. The summed E-state index contributed by atoms with van der Waals surface area (Å²) < 4.78 is 29.1. The van der Waals surface area contributed by atoms with Crippen molar-refractivity contribution < 1.29 is 18.7 Å². The Labute approximate surface area is 160 Å². The Morgan fingerprint density at radius 2 is 2.00 bits per heavy atom. The average Bonchev–Trinajstić information content (AvgIpc) is 2.93. The number of methoxy groups -OCH3 is 1. The highest BCUT2D eigenvalue weighted by Crippen LogP contribution is 2.42. The number of imidazole rings is 1. The van der Waals surface area contributed by atoms with Gasteiger partial charge in [0.1, 0.15) is 27.3 Å². The second kappa shape index (κ2) is 6.72. The van der Waals surface area contributed by atoms with E-state index in [1.165, 1.54) is 7.11 Å². The Balaban J connectivity index is 1.83. The van der Waals surface area contributed by atoms with E-state index in [1.54, 1.807) is 27.8 Å². The van der Waals surface area contributed by atoms with Gasteiger partial charge < -0.3 is 14.4 Å². The summed E-state index contributed by atoms with van der Waals surface area (Å²) in [4.78, 5) is 18.0. The SMILES string of the molecule is COc1cc2ncc(Br)n2cc1C1(F)CCN(C(=O)OC(C)(C)C)CC1. The summed E-state index contributed by atoms with van der Waals surface area (Å²) in [6, 6.07) is 1.72. The highest BCUT2D eigenvalue weighted by Gasteiger charge is 2.41. The van der Waals surface area contributed by atoms with Gasteiger partial charge in [0.25, 0.3) is 0 Å². The molecule has 0 atom stereocenters. The maximum Gasteiger partial charge on any atom is 0.410 e. The van der Waals surface area contributed by atoms with Crippen LogP contribution < -0.4 is 4.74 Å². The lowest BCUT2D eigenvalue weighted by atomic mass is 9.86. The molecule has 0 radical (unpaired) electrons. The topological polar surface area (TPSA) is 56.1 Å². The summed E-state index contributed by atoms with van der Waals surface area (Å²) in [6.45, 7) is 6.03. The van der Waals surface area contributed by atoms with Crippen molar-refractivity contribution >= 4 is 27.7 Å². The van der Waals surface area contributed by atoms with Gasteiger partial charge in [-0.1, -0.05) is 0 Å². The lowest BCUT2D eigenvalue weighted by Crippen LogP contribution is -2.45. The number of rotatable bonds is 2. The smallest absolute Gasteiger partial charge is 0.410 e. The van der Waals surface area contributed by atoms with Crippen molar-refractivity contribution in [2.75, 3.05) is 20.2 Å². The fourth-order valence-corrected chi connectivity index (χ4v) is 3.51. The van der Waals surface area contributed by atoms with Crippen molar-refractivity contribution in [1.29, 1.82) is 0 Å². The van der Waals surface area contributed by atoms with Gasteiger partial charge in [-0.2, -0.15) is 0 Å². The van der Waals surface area contributed by atoms with Crippen LogP contribution in [0.3, 0.4) is 0 Å². The summed E-state index contributed by atoms with van der Waals surface area (Å²) in [7, 11) is 1.52. The van der Waals surface area contributed by atoms with Crippen LogP contribution in [0.1, 0.15) is 39.2 Å². The molecule has 0 spiro atoms. The number of hydrogen-bond donors (Lipinski definition) is 0. The number of alkyl halides is 1. The van der Waals surface area contributed by atoms with E-state index in [9.17, 15) is 4.79 Å². The highest BCUT2D eigenvalue weighted by molar-refractivity contribution is 9.10. The molecule has 0 aromatic carbocycles. The first-order chi connectivity index (χ1) is 12.1. The minimum absolute atomic E-state index is 0.181. The molecule has 6 nitrogen and oxygen atoms in total. The number of halogens is 2. The van der Waals surface area contributed by atoms with E-state index in [0.29, 0.717) is 17.0 Å². The predicted molar refractivity (Wildman–Crippen MR) is 99.3 cm³/mol. The molecule has 26 heavy (non-hydrogen) atoms. The molecule has 1 saturated heterocycles. The molecule has 1 amide bonds. The van der Waals surface area contributed by atoms with Crippen LogP contribution in [0.2, 0.25) is 0 Å². The molecule has 0 aliphatic carbocycles. The van der Waals surface area contributed by atoms with Crippen molar-refractivity contribution in [2.45, 2.75) is 44.9 Å². The van der Waals surface area contributed by atoms with Gasteiger partial charge in [-0.15, -0.1) is 0 Å². The van der Waals surface area contributed by atoms with Gasteiger partial charge in [-0.3, -0.25) is 4.40 Å². The number of carbonyl (C=O) groups is 1. The molecule has 0 unspecified atom stereocenters. The number of aromatic nitrogens is 2. The number of piperidine rings is 1. The Bertz CT molecular complexity index is 823. The number of carbonyl (C=O) groups excluding carboxylic acids is 1. The average molecular weight is 428 g/mol. The molecule has 0 saturated carbocycles. The Morgan fingerprint density at radius 1 is 1.35 bits per heavy atom. The van der Waals surface area contributed by atoms with E-state index in [0.717, 1.165) is 4.60 Å². The van der Waals surface area contributed by atoms with Crippen LogP contribution >= 0.6 is 15.9 Å². The minimum Gasteiger partial charge on any atom is -0.496 e.